The molecule has 0 aliphatic rings. The van der Waals surface area contributed by atoms with Gasteiger partial charge < -0.3 is 4.74 Å². The van der Waals surface area contributed by atoms with Crippen LogP contribution in [-0.2, 0) is 4.74 Å². The van der Waals surface area contributed by atoms with E-state index >= 15 is 0 Å². The zero-order valence-electron chi connectivity index (χ0n) is 10.3. The summed E-state index contributed by atoms with van der Waals surface area (Å²) in [4.78, 5) is 15.4. The van der Waals surface area contributed by atoms with Crippen LogP contribution < -0.4 is 0 Å². The van der Waals surface area contributed by atoms with Gasteiger partial charge in [-0.05, 0) is 41.9 Å². The summed E-state index contributed by atoms with van der Waals surface area (Å²) in [5, 5.41) is 4.40. The van der Waals surface area contributed by atoms with Gasteiger partial charge in [-0.2, -0.15) is 5.10 Å². The molecule has 0 atom stereocenters. The van der Waals surface area contributed by atoms with Crippen LogP contribution in [0.2, 0.25) is 0 Å². The first-order chi connectivity index (χ1) is 8.54. The van der Waals surface area contributed by atoms with Crippen LogP contribution in [0.3, 0.4) is 0 Å². The minimum Gasteiger partial charge on any atom is -0.464 e. The number of halogens is 1. The van der Waals surface area contributed by atoms with E-state index in [0.29, 0.717) is 0 Å². The van der Waals surface area contributed by atoms with Gasteiger partial charge in [0.15, 0.2) is 0 Å². The smallest absolute Gasteiger partial charge is 0.356 e. The molecule has 0 radical (unpaired) electrons. The van der Waals surface area contributed by atoms with Gasteiger partial charge in [-0.1, -0.05) is 0 Å². The maximum atomic E-state index is 11.4. The van der Waals surface area contributed by atoms with Crippen LogP contribution in [0.25, 0.3) is 5.69 Å². The van der Waals surface area contributed by atoms with Crippen LogP contribution in [0.15, 0.2) is 22.8 Å². The molecule has 2 rings (SSSR count). The molecule has 18 heavy (non-hydrogen) atoms. The number of rotatable bonds is 2. The lowest BCUT2D eigenvalue weighted by Crippen LogP contribution is -2.07. The van der Waals surface area contributed by atoms with Gasteiger partial charge in [0.05, 0.1) is 28.7 Å². The Bertz CT molecular complexity index is 607. The molecule has 2 aromatic rings. The fraction of sp³-hybridized carbons (Fsp3) is 0.250. The van der Waals surface area contributed by atoms with Crippen molar-refractivity contribution in [2.24, 2.45) is 0 Å². The molecule has 0 spiro atoms. The van der Waals surface area contributed by atoms with Gasteiger partial charge in [-0.25, -0.2) is 14.5 Å². The Labute approximate surface area is 113 Å². The molecular weight excluding hydrogens is 298 g/mol. The van der Waals surface area contributed by atoms with E-state index < -0.39 is 5.97 Å². The lowest BCUT2D eigenvalue weighted by Gasteiger charge is -2.05. The van der Waals surface area contributed by atoms with Crippen molar-refractivity contribution in [3.8, 4) is 5.69 Å². The number of esters is 1. The molecule has 0 aliphatic heterocycles. The monoisotopic (exact) mass is 309 g/mol. The SMILES string of the molecule is COC(=O)c1cc(-n2nc(C)c(Br)c2C)ccn1. The molecular formula is C12H12BrN3O2. The molecule has 94 valence electrons. The van der Waals surface area contributed by atoms with E-state index in [1.165, 1.54) is 7.11 Å². The summed E-state index contributed by atoms with van der Waals surface area (Å²) in [5.41, 5.74) is 2.90. The molecule has 0 saturated carbocycles. The zero-order valence-corrected chi connectivity index (χ0v) is 11.9. The maximum Gasteiger partial charge on any atom is 0.356 e. The molecule has 0 unspecified atom stereocenters. The molecule has 0 saturated heterocycles. The van der Waals surface area contributed by atoms with Crippen molar-refractivity contribution < 1.29 is 9.53 Å². The Hall–Kier alpha value is -1.69. The Balaban J connectivity index is 2.51. The second-order valence-electron chi connectivity index (χ2n) is 3.79. The number of nitrogens with zero attached hydrogens (tertiary/aromatic N) is 3. The number of aryl methyl sites for hydroxylation is 1. The third kappa shape index (κ3) is 2.15. The van der Waals surface area contributed by atoms with Crippen LogP contribution >= 0.6 is 15.9 Å². The second-order valence-corrected chi connectivity index (χ2v) is 4.58. The molecule has 2 heterocycles. The van der Waals surface area contributed by atoms with Gasteiger partial charge in [0, 0.05) is 6.20 Å². The van der Waals surface area contributed by atoms with Crippen molar-refractivity contribution in [1.29, 1.82) is 0 Å². The number of carbonyl (C=O) groups is 1. The van der Waals surface area contributed by atoms with Crippen molar-refractivity contribution in [3.63, 3.8) is 0 Å². The first-order valence-corrected chi connectivity index (χ1v) is 6.10. The third-order valence-corrected chi connectivity index (χ3v) is 3.73. The first-order valence-electron chi connectivity index (χ1n) is 5.31. The number of hydrogen-bond donors (Lipinski definition) is 0. The Morgan fingerprint density at radius 2 is 2.17 bits per heavy atom. The lowest BCUT2D eigenvalue weighted by molar-refractivity contribution is 0.0594. The summed E-state index contributed by atoms with van der Waals surface area (Å²) in [6.07, 6.45) is 1.56. The number of carbonyl (C=O) groups excluding carboxylic acids is 1. The maximum absolute atomic E-state index is 11.4. The molecule has 2 aromatic heterocycles. The van der Waals surface area contributed by atoms with Crippen LogP contribution in [0.1, 0.15) is 21.9 Å². The van der Waals surface area contributed by atoms with Crippen molar-refractivity contribution in [1.82, 2.24) is 14.8 Å². The van der Waals surface area contributed by atoms with E-state index in [1.54, 1.807) is 23.0 Å². The van der Waals surface area contributed by atoms with Crippen molar-refractivity contribution >= 4 is 21.9 Å². The van der Waals surface area contributed by atoms with Crippen molar-refractivity contribution in [2.45, 2.75) is 13.8 Å². The standard InChI is InChI=1S/C12H12BrN3O2/c1-7-11(13)8(2)16(15-7)9-4-5-14-10(6-9)12(17)18-3/h4-6H,1-3H3. The van der Waals surface area contributed by atoms with Gasteiger partial charge >= 0.3 is 5.97 Å². The topological polar surface area (TPSA) is 57.0 Å². The van der Waals surface area contributed by atoms with Crippen LogP contribution in [0, 0.1) is 13.8 Å². The third-order valence-electron chi connectivity index (χ3n) is 2.59. The minimum absolute atomic E-state index is 0.263. The second kappa shape index (κ2) is 4.89. The van der Waals surface area contributed by atoms with Crippen molar-refractivity contribution in [3.05, 3.63) is 39.9 Å². The van der Waals surface area contributed by atoms with Crippen molar-refractivity contribution in [2.75, 3.05) is 7.11 Å². The number of aromatic nitrogens is 3. The molecule has 0 amide bonds. The average Bonchev–Trinajstić information content (AvgIpc) is 2.66. The lowest BCUT2D eigenvalue weighted by atomic mass is 10.3. The highest BCUT2D eigenvalue weighted by molar-refractivity contribution is 9.10. The van der Waals surface area contributed by atoms with Gasteiger partial charge in [0.25, 0.3) is 0 Å². The average molecular weight is 310 g/mol. The fourth-order valence-electron chi connectivity index (χ4n) is 1.64. The summed E-state index contributed by atoms with van der Waals surface area (Å²) in [6.45, 7) is 3.86. The molecule has 5 nitrogen and oxygen atoms in total. The molecule has 0 N–H and O–H groups in total. The summed E-state index contributed by atoms with van der Waals surface area (Å²) in [7, 11) is 1.33. The molecule has 0 fully saturated rings. The van der Waals surface area contributed by atoms with Gasteiger partial charge in [-0.15, -0.1) is 0 Å². The van der Waals surface area contributed by atoms with E-state index in [9.17, 15) is 4.79 Å². The van der Waals surface area contributed by atoms with Gasteiger partial charge in [0.1, 0.15) is 5.69 Å². The van der Waals surface area contributed by atoms with Crippen LogP contribution in [0.4, 0.5) is 0 Å². The molecule has 0 aromatic carbocycles. The number of methoxy groups -OCH3 is 1. The predicted molar refractivity (Wildman–Crippen MR) is 69.9 cm³/mol. The zero-order chi connectivity index (χ0) is 13.3. The Morgan fingerprint density at radius 3 is 2.72 bits per heavy atom. The summed E-state index contributed by atoms with van der Waals surface area (Å²) in [5.74, 6) is -0.461. The predicted octanol–water partition coefficient (Wildman–Crippen LogP) is 2.43. The first kappa shape index (κ1) is 12.8. The quantitative estimate of drug-likeness (QED) is 0.800. The Morgan fingerprint density at radius 1 is 1.44 bits per heavy atom. The fourth-order valence-corrected chi connectivity index (χ4v) is 1.89. The summed E-state index contributed by atoms with van der Waals surface area (Å²) >= 11 is 3.47. The summed E-state index contributed by atoms with van der Waals surface area (Å²) in [6, 6.07) is 3.44. The highest BCUT2D eigenvalue weighted by Gasteiger charge is 2.13. The van der Waals surface area contributed by atoms with E-state index in [2.05, 4.69) is 30.7 Å². The normalized spacial score (nSPS) is 10.4. The number of pyridine rings is 1. The highest BCUT2D eigenvalue weighted by Crippen LogP contribution is 2.22. The molecule has 0 aliphatic carbocycles. The Kier molecular flexibility index (Phi) is 3.47. The minimum atomic E-state index is -0.461. The molecule has 0 bridgehead atoms. The van der Waals surface area contributed by atoms with E-state index in [-0.39, 0.29) is 5.69 Å². The van der Waals surface area contributed by atoms with Crippen LogP contribution in [-0.4, -0.2) is 27.8 Å². The molecule has 6 heteroatoms. The van der Waals surface area contributed by atoms with Gasteiger partial charge in [-0.3, -0.25) is 0 Å². The van der Waals surface area contributed by atoms with E-state index in [0.717, 1.165) is 21.5 Å². The largest absolute Gasteiger partial charge is 0.464 e. The van der Waals surface area contributed by atoms with Gasteiger partial charge in [0.2, 0.25) is 0 Å². The van der Waals surface area contributed by atoms with E-state index in [1.807, 2.05) is 13.8 Å². The number of ether oxygens (including phenoxy) is 1. The highest BCUT2D eigenvalue weighted by atomic mass is 79.9. The number of hydrogen-bond acceptors (Lipinski definition) is 4. The summed E-state index contributed by atoms with van der Waals surface area (Å²) < 4.78 is 7.36. The van der Waals surface area contributed by atoms with E-state index in [4.69, 9.17) is 0 Å². The van der Waals surface area contributed by atoms with Crippen LogP contribution in [0.5, 0.6) is 0 Å².